The van der Waals surface area contributed by atoms with E-state index in [1.165, 1.54) is 36.1 Å². The number of hydrogen-bond acceptors (Lipinski definition) is 8. The minimum atomic E-state index is -3.50. The lowest BCUT2D eigenvalue weighted by Gasteiger charge is -2.32. The van der Waals surface area contributed by atoms with Gasteiger partial charge in [-0.25, -0.2) is 22.2 Å². The fourth-order valence-corrected chi connectivity index (χ4v) is 3.79. The lowest BCUT2D eigenvalue weighted by atomic mass is 10.1. The molecular formula is C17H18F2N4O5S. The minimum absolute atomic E-state index is 0.00712. The number of nitro groups is 1. The number of sulfone groups is 1. The molecule has 156 valence electrons. The normalized spacial score (nSPS) is 16.4. The van der Waals surface area contributed by atoms with E-state index in [9.17, 15) is 27.3 Å². The van der Waals surface area contributed by atoms with Crippen molar-refractivity contribution >= 4 is 21.3 Å². The van der Waals surface area contributed by atoms with Gasteiger partial charge in [0, 0.05) is 25.9 Å². The SMILES string of the molecule is CCS(=O)(=O)c1cccc(Oc2ncnc(N3CCC(F)(F)CC3)c2[N+](=O)[O-])c1. The number of piperidine rings is 1. The Balaban J connectivity index is 1.95. The van der Waals surface area contributed by atoms with Crippen molar-refractivity contribution in [2.24, 2.45) is 0 Å². The van der Waals surface area contributed by atoms with Crippen LogP contribution in [0.2, 0.25) is 0 Å². The van der Waals surface area contributed by atoms with Crippen LogP contribution in [0.1, 0.15) is 19.8 Å². The van der Waals surface area contributed by atoms with Gasteiger partial charge in [-0.1, -0.05) is 13.0 Å². The molecule has 2 heterocycles. The van der Waals surface area contributed by atoms with Gasteiger partial charge in [-0.3, -0.25) is 10.1 Å². The molecule has 1 aliphatic heterocycles. The molecule has 0 N–H and O–H groups in total. The van der Waals surface area contributed by atoms with Crippen LogP contribution in [0.15, 0.2) is 35.5 Å². The number of halogens is 2. The number of nitrogens with zero attached hydrogens (tertiary/aromatic N) is 4. The molecule has 0 amide bonds. The molecule has 1 aromatic carbocycles. The highest BCUT2D eigenvalue weighted by atomic mass is 32.2. The van der Waals surface area contributed by atoms with Crippen molar-refractivity contribution in [1.29, 1.82) is 0 Å². The molecule has 1 aromatic heterocycles. The standard InChI is InChI=1S/C17H18F2N4O5S/c1-2-29(26,27)13-5-3-4-12(10-13)28-16-14(23(24)25)15(20-11-21-16)22-8-6-17(18,19)7-9-22/h3-5,10-11H,2,6-9H2,1H3. The predicted molar refractivity (Wildman–Crippen MR) is 99.3 cm³/mol. The second-order valence-corrected chi connectivity index (χ2v) is 8.71. The second kappa shape index (κ2) is 7.85. The highest BCUT2D eigenvalue weighted by Crippen LogP contribution is 2.39. The average molecular weight is 428 g/mol. The molecule has 0 atom stereocenters. The third kappa shape index (κ3) is 4.58. The Morgan fingerprint density at radius 3 is 2.59 bits per heavy atom. The highest BCUT2D eigenvalue weighted by molar-refractivity contribution is 7.91. The Bertz CT molecular complexity index is 1020. The molecule has 1 fully saturated rings. The Labute approximate surface area is 165 Å². The van der Waals surface area contributed by atoms with Gasteiger partial charge in [0.1, 0.15) is 12.1 Å². The number of anilines is 1. The molecule has 2 aromatic rings. The molecule has 0 radical (unpaired) electrons. The molecule has 12 heteroatoms. The van der Waals surface area contributed by atoms with E-state index < -0.39 is 45.1 Å². The van der Waals surface area contributed by atoms with Gasteiger partial charge >= 0.3 is 11.6 Å². The van der Waals surface area contributed by atoms with Gasteiger partial charge in [0.15, 0.2) is 9.84 Å². The molecular weight excluding hydrogens is 410 g/mol. The molecule has 3 rings (SSSR count). The number of hydrogen-bond donors (Lipinski definition) is 0. The maximum atomic E-state index is 13.4. The van der Waals surface area contributed by atoms with Gasteiger partial charge in [-0.2, -0.15) is 4.98 Å². The summed E-state index contributed by atoms with van der Waals surface area (Å²) in [5.74, 6) is -3.41. The summed E-state index contributed by atoms with van der Waals surface area (Å²) in [4.78, 5) is 20.0. The number of benzene rings is 1. The molecule has 0 bridgehead atoms. The number of rotatable bonds is 6. The first-order chi connectivity index (χ1) is 13.6. The third-order valence-corrected chi connectivity index (χ3v) is 6.24. The lowest BCUT2D eigenvalue weighted by molar-refractivity contribution is -0.385. The Morgan fingerprint density at radius 1 is 1.28 bits per heavy atom. The summed E-state index contributed by atoms with van der Waals surface area (Å²) in [6.45, 7) is 1.29. The van der Waals surface area contributed by atoms with Gasteiger partial charge in [0.2, 0.25) is 5.82 Å². The van der Waals surface area contributed by atoms with E-state index in [4.69, 9.17) is 4.74 Å². The number of ether oxygens (including phenoxy) is 1. The highest BCUT2D eigenvalue weighted by Gasteiger charge is 2.37. The smallest absolute Gasteiger partial charge is 0.373 e. The van der Waals surface area contributed by atoms with E-state index in [0.717, 1.165) is 6.33 Å². The van der Waals surface area contributed by atoms with Crippen molar-refractivity contribution in [2.45, 2.75) is 30.6 Å². The monoisotopic (exact) mass is 428 g/mol. The van der Waals surface area contributed by atoms with Crippen LogP contribution in [0.4, 0.5) is 20.3 Å². The Morgan fingerprint density at radius 2 is 1.97 bits per heavy atom. The molecule has 1 saturated heterocycles. The van der Waals surface area contributed by atoms with Gasteiger partial charge in [0.05, 0.1) is 15.6 Å². The second-order valence-electron chi connectivity index (χ2n) is 6.43. The Hall–Kier alpha value is -2.89. The van der Waals surface area contributed by atoms with Crippen LogP contribution in [0.3, 0.4) is 0 Å². The first kappa shape index (κ1) is 20.8. The quantitative estimate of drug-likeness (QED) is 0.509. The van der Waals surface area contributed by atoms with E-state index in [2.05, 4.69) is 9.97 Å². The van der Waals surface area contributed by atoms with Crippen LogP contribution in [0.5, 0.6) is 11.6 Å². The van der Waals surface area contributed by atoms with Crippen LogP contribution in [0, 0.1) is 10.1 Å². The van der Waals surface area contributed by atoms with Crippen LogP contribution in [0.25, 0.3) is 0 Å². The fraction of sp³-hybridized carbons (Fsp3) is 0.412. The molecule has 0 spiro atoms. The van der Waals surface area contributed by atoms with E-state index in [0.29, 0.717) is 0 Å². The maximum absolute atomic E-state index is 13.4. The summed E-state index contributed by atoms with van der Waals surface area (Å²) < 4.78 is 56.4. The van der Waals surface area contributed by atoms with E-state index in [1.54, 1.807) is 0 Å². The fourth-order valence-electron chi connectivity index (χ4n) is 2.87. The van der Waals surface area contributed by atoms with Crippen molar-refractivity contribution in [3.05, 3.63) is 40.7 Å². The minimum Gasteiger partial charge on any atom is -0.434 e. The third-order valence-electron chi connectivity index (χ3n) is 4.51. The first-order valence-electron chi connectivity index (χ1n) is 8.76. The first-order valence-corrected chi connectivity index (χ1v) is 10.4. The van der Waals surface area contributed by atoms with Crippen LogP contribution < -0.4 is 9.64 Å². The maximum Gasteiger partial charge on any atom is 0.373 e. The van der Waals surface area contributed by atoms with E-state index in [-0.39, 0.29) is 35.3 Å². The summed E-state index contributed by atoms with van der Waals surface area (Å²) in [6, 6.07) is 5.51. The summed E-state index contributed by atoms with van der Waals surface area (Å²) >= 11 is 0. The van der Waals surface area contributed by atoms with Gasteiger partial charge < -0.3 is 9.64 Å². The van der Waals surface area contributed by atoms with Gasteiger partial charge in [-0.15, -0.1) is 0 Å². The lowest BCUT2D eigenvalue weighted by Crippen LogP contribution is -2.40. The molecule has 9 nitrogen and oxygen atoms in total. The predicted octanol–water partition coefficient (Wildman–Crippen LogP) is 3.21. The zero-order chi connectivity index (χ0) is 21.2. The van der Waals surface area contributed by atoms with Gasteiger partial charge in [0.25, 0.3) is 5.92 Å². The average Bonchev–Trinajstić information content (AvgIpc) is 2.68. The van der Waals surface area contributed by atoms with Crippen molar-refractivity contribution in [2.75, 3.05) is 23.7 Å². The van der Waals surface area contributed by atoms with Crippen molar-refractivity contribution in [3.63, 3.8) is 0 Å². The zero-order valence-corrected chi connectivity index (χ0v) is 16.2. The summed E-state index contributed by atoms with van der Waals surface area (Å²) in [6.07, 6.45) is 0.152. The largest absolute Gasteiger partial charge is 0.434 e. The van der Waals surface area contributed by atoms with Crippen LogP contribution >= 0.6 is 0 Å². The summed E-state index contributed by atoms with van der Waals surface area (Å²) in [5.41, 5.74) is -0.568. The van der Waals surface area contributed by atoms with Crippen LogP contribution in [-0.4, -0.2) is 48.1 Å². The molecule has 0 aliphatic carbocycles. The molecule has 1 aliphatic rings. The zero-order valence-electron chi connectivity index (χ0n) is 15.4. The van der Waals surface area contributed by atoms with Crippen molar-refractivity contribution < 1.29 is 26.9 Å². The summed E-state index contributed by atoms with van der Waals surface area (Å²) in [7, 11) is -3.50. The van der Waals surface area contributed by atoms with Gasteiger partial charge in [-0.05, 0) is 18.2 Å². The summed E-state index contributed by atoms with van der Waals surface area (Å²) in [5, 5.41) is 11.7. The topological polar surface area (TPSA) is 116 Å². The number of alkyl halides is 2. The van der Waals surface area contributed by atoms with Crippen LogP contribution in [-0.2, 0) is 9.84 Å². The molecule has 0 unspecified atom stereocenters. The van der Waals surface area contributed by atoms with Crippen molar-refractivity contribution in [3.8, 4) is 11.6 Å². The number of aromatic nitrogens is 2. The van der Waals surface area contributed by atoms with E-state index in [1.807, 2.05) is 0 Å². The molecule has 0 saturated carbocycles. The Kier molecular flexibility index (Phi) is 5.64. The van der Waals surface area contributed by atoms with Crippen molar-refractivity contribution in [1.82, 2.24) is 9.97 Å². The molecule has 29 heavy (non-hydrogen) atoms. The van der Waals surface area contributed by atoms with E-state index >= 15 is 0 Å².